The average Bonchev–Trinajstić information content (AvgIpc) is 2.91. The van der Waals surface area contributed by atoms with E-state index in [0.29, 0.717) is 11.2 Å². The molecule has 19 heavy (non-hydrogen) atoms. The molecule has 0 atom stereocenters. The number of nitrogens with one attached hydrogen (secondary N) is 1. The number of hydrogen-bond acceptors (Lipinski definition) is 4. The molecule has 1 aromatic rings. The van der Waals surface area contributed by atoms with Crippen molar-refractivity contribution in [1.29, 1.82) is 0 Å². The van der Waals surface area contributed by atoms with E-state index in [2.05, 4.69) is 40.1 Å². The van der Waals surface area contributed by atoms with Crippen LogP contribution in [0.25, 0.3) is 0 Å². The molecule has 1 saturated carbocycles. The SMILES string of the molecule is CNc1nc(CSC(C)C)nc(C2CCCC2)c1Br. The molecule has 106 valence electrons. The Bertz CT molecular complexity index is 431. The van der Waals surface area contributed by atoms with Crippen molar-refractivity contribution in [3.8, 4) is 0 Å². The van der Waals surface area contributed by atoms with Crippen molar-refractivity contribution < 1.29 is 0 Å². The van der Waals surface area contributed by atoms with Crippen LogP contribution < -0.4 is 5.32 Å². The van der Waals surface area contributed by atoms with E-state index in [1.54, 1.807) is 0 Å². The first-order valence-corrected chi connectivity index (χ1v) is 8.81. The van der Waals surface area contributed by atoms with Crippen LogP contribution in [0.5, 0.6) is 0 Å². The average molecular weight is 344 g/mol. The number of nitrogens with zero attached hydrogens (tertiary/aromatic N) is 2. The van der Waals surface area contributed by atoms with E-state index in [1.165, 1.54) is 31.4 Å². The molecule has 0 aliphatic heterocycles. The van der Waals surface area contributed by atoms with Gasteiger partial charge in [-0.1, -0.05) is 26.7 Å². The Hall–Kier alpha value is -0.290. The van der Waals surface area contributed by atoms with Gasteiger partial charge in [-0.2, -0.15) is 11.8 Å². The minimum atomic E-state index is 0.604. The van der Waals surface area contributed by atoms with Gasteiger partial charge >= 0.3 is 0 Å². The first kappa shape index (κ1) is 15.1. The number of rotatable bonds is 5. The Labute approximate surface area is 128 Å². The highest BCUT2D eigenvalue weighted by atomic mass is 79.9. The molecule has 0 amide bonds. The predicted octanol–water partition coefficient (Wildman–Crippen LogP) is 4.58. The van der Waals surface area contributed by atoms with Crippen molar-refractivity contribution in [2.45, 2.75) is 56.5 Å². The minimum absolute atomic E-state index is 0.604. The molecular formula is C14H22BrN3S. The van der Waals surface area contributed by atoms with Gasteiger partial charge in [-0.3, -0.25) is 0 Å². The van der Waals surface area contributed by atoms with Gasteiger partial charge in [-0.15, -0.1) is 0 Å². The van der Waals surface area contributed by atoms with Crippen molar-refractivity contribution in [3.05, 3.63) is 16.0 Å². The Morgan fingerprint density at radius 1 is 1.32 bits per heavy atom. The summed E-state index contributed by atoms with van der Waals surface area (Å²) in [4.78, 5) is 9.42. The minimum Gasteiger partial charge on any atom is -0.372 e. The molecule has 2 rings (SSSR count). The first-order valence-electron chi connectivity index (χ1n) is 6.97. The van der Waals surface area contributed by atoms with Gasteiger partial charge in [0.15, 0.2) is 0 Å². The molecule has 1 fully saturated rings. The molecule has 1 aliphatic rings. The molecule has 1 N–H and O–H groups in total. The number of aromatic nitrogens is 2. The van der Waals surface area contributed by atoms with Gasteiger partial charge in [0.1, 0.15) is 11.6 Å². The highest BCUT2D eigenvalue weighted by Gasteiger charge is 2.23. The molecule has 0 unspecified atom stereocenters. The second kappa shape index (κ2) is 6.93. The third kappa shape index (κ3) is 3.85. The molecule has 0 bridgehead atoms. The fraction of sp³-hybridized carbons (Fsp3) is 0.714. The first-order chi connectivity index (χ1) is 9.11. The summed E-state index contributed by atoms with van der Waals surface area (Å²) >= 11 is 5.56. The lowest BCUT2D eigenvalue weighted by atomic mass is 10.0. The smallest absolute Gasteiger partial charge is 0.144 e. The number of halogens is 1. The van der Waals surface area contributed by atoms with Gasteiger partial charge < -0.3 is 5.32 Å². The number of anilines is 1. The Kier molecular flexibility index (Phi) is 5.51. The topological polar surface area (TPSA) is 37.8 Å². The normalized spacial score (nSPS) is 16.3. The summed E-state index contributed by atoms with van der Waals surface area (Å²) < 4.78 is 1.06. The maximum atomic E-state index is 4.82. The maximum absolute atomic E-state index is 4.82. The Morgan fingerprint density at radius 3 is 2.58 bits per heavy atom. The lowest BCUT2D eigenvalue weighted by Crippen LogP contribution is -2.08. The lowest BCUT2D eigenvalue weighted by Gasteiger charge is -2.15. The fourth-order valence-electron chi connectivity index (χ4n) is 2.45. The van der Waals surface area contributed by atoms with E-state index < -0.39 is 0 Å². The van der Waals surface area contributed by atoms with Crippen molar-refractivity contribution in [3.63, 3.8) is 0 Å². The standard InChI is InChI=1S/C14H22BrN3S/c1-9(2)19-8-11-17-13(10-6-4-5-7-10)12(15)14(16-3)18-11/h9-10H,4-8H2,1-3H3,(H,16,17,18). The lowest BCUT2D eigenvalue weighted by molar-refractivity contribution is 0.684. The Morgan fingerprint density at radius 2 is 2.00 bits per heavy atom. The van der Waals surface area contributed by atoms with Gasteiger partial charge in [0.25, 0.3) is 0 Å². The largest absolute Gasteiger partial charge is 0.372 e. The molecule has 0 radical (unpaired) electrons. The van der Waals surface area contributed by atoms with E-state index in [1.807, 2.05) is 18.8 Å². The third-order valence-electron chi connectivity index (χ3n) is 3.45. The highest BCUT2D eigenvalue weighted by Crippen LogP contribution is 2.38. The maximum Gasteiger partial charge on any atom is 0.144 e. The van der Waals surface area contributed by atoms with Crippen LogP contribution in [0.4, 0.5) is 5.82 Å². The molecule has 0 aromatic carbocycles. The molecule has 1 aromatic heterocycles. The van der Waals surface area contributed by atoms with E-state index in [0.717, 1.165) is 21.9 Å². The fourth-order valence-corrected chi connectivity index (χ4v) is 3.76. The van der Waals surface area contributed by atoms with Crippen LogP contribution in [-0.2, 0) is 5.75 Å². The van der Waals surface area contributed by atoms with Crippen LogP contribution in [0.3, 0.4) is 0 Å². The van der Waals surface area contributed by atoms with E-state index in [-0.39, 0.29) is 0 Å². The van der Waals surface area contributed by atoms with Crippen LogP contribution >= 0.6 is 27.7 Å². The zero-order valence-electron chi connectivity index (χ0n) is 11.9. The molecule has 1 aliphatic carbocycles. The van der Waals surface area contributed by atoms with Crippen molar-refractivity contribution in [2.24, 2.45) is 0 Å². The van der Waals surface area contributed by atoms with Crippen molar-refractivity contribution in [2.75, 3.05) is 12.4 Å². The van der Waals surface area contributed by atoms with Crippen LogP contribution in [0.1, 0.15) is 57.0 Å². The van der Waals surface area contributed by atoms with Crippen molar-refractivity contribution in [1.82, 2.24) is 9.97 Å². The number of hydrogen-bond donors (Lipinski definition) is 1. The summed E-state index contributed by atoms with van der Waals surface area (Å²) in [6.07, 6.45) is 5.17. The van der Waals surface area contributed by atoms with Gasteiger partial charge in [-0.05, 0) is 34.0 Å². The van der Waals surface area contributed by atoms with Gasteiger partial charge in [0.2, 0.25) is 0 Å². The van der Waals surface area contributed by atoms with Crippen LogP contribution in [0.15, 0.2) is 4.47 Å². The van der Waals surface area contributed by atoms with E-state index in [4.69, 9.17) is 4.98 Å². The molecule has 1 heterocycles. The van der Waals surface area contributed by atoms with Crippen molar-refractivity contribution >= 4 is 33.5 Å². The summed E-state index contributed by atoms with van der Waals surface area (Å²) in [7, 11) is 1.92. The summed E-state index contributed by atoms with van der Waals surface area (Å²) in [5.41, 5.74) is 1.20. The molecule has 3 nitrogen and oxygen atoms in total. The van der Waals surface area contributed by atoms with E-state index in [9.17, 15) is 0 Å². The van der Waals surface area contributed by atoms with Crippen LogP contribution in [0, 0.1) is 0 Å². The molecular weight excluding hydrogens is 322 g/mol. The Balaban J connectivity index is 2.26. The summed E-state index contributed by atoms with van der Waals surface area (Å²) in [6.45, 7) is 4.42. The van der Waals surface area contributed by atoms with Gasteiger partial charge in [0.05, 0.1) is 15.9 Å². The third-order valence-corrected chi connectivity index (χ3v) is 5.32. The second-order valence-corrected chi connectivity index (χ2v) is 7.64. The highest BCUT2D eigenvalue weighted by molar-refractivity contribution is 9.10. The van der Waals surface area contributed by atoms with E-state index >= 15 is 0 Å². The predicted molar refractivity (Wildman–Crippen MR) is 86.9 cm³/mol. The zero-order chi connectivity index (χ0) is 13.8. The summed E-state index contributed by atoms with van der Waals surface area (Å²) in [6, 6.07) is 0. The monoisotopic (exact) mass is 343 g/mol. The van der Waals surface area contributed by atoms with Crippen LogP contribution in [0.2, 0.25) is 0 Å². The van der Waals surface area contributed by atoms with Crippen LogP contribution in [-0.4, -0.2) is 22.3 Å². The molecule has 5 heteroatoms. The van der Waals surface area contributed by atoms with Gasteiger partial charge in [-0.25, -0.2) is 9.97 Å². The summed E-state index contributed by atoms with van der Waals surface area (Å²) in [5, 5.41) is 3.79. The quantitative estimate of drug-likeness (QED) is 0.848. The molecule has 0 spiro atoms. The van der Waals surface area contributed by atoms with Gasteiger partial charge in [0, 0.05) is 13.0 Å². The molecule has 0 saturated heterocycles. The number of thioether (sulfide) groups is 1. The summed E-state index contributed by atoms with van der Waals surface area (Å²) in [5.74, 6) is 3.37. The second-order valence-electron chi connectivity index (χ2n) is 5.28. The zero-order valence-corrected chi connectivity index (χ0v) is 14.3.